The Hall–Kier alpha value is -0.0700. The van der Waals surface area contributed by atoms with Crippen LogP contribution in [-0.4, -0.2) is 49.2 Å². The summed E-state index contributed by atoms with van der Waals surface area (Å²) in [5.41, 5.74) is 0.0896. The van der Waals surface area contributed by atoms with Crippen LogP contribution < -0.4 is 0 Å². The minimum atomic E-state index is -1.25. The zero-order chi connectivity index (χ0) is 23.5. The van der Waals surface area contributed by atoms with E-state index in [9.17, 15) is 13.8 Å². The quantitative estimate of drug-likeness (QED) is 0.348. The van der Waals surface area contributed by atoms with E-state index in [0.29, 0.717) is 25.0 Å². The molecule has 8 atom stereocenters. The Morgan fingerprint density at radius 3 is 2.66 bits per heavy atom. The zero-order valence-electron chi connectivity index (χ0n) is 18.1. The van der Waals surface area contributed by atoms with Crippen LogP contribution in [0.2, 0.25) is 0 Å². The maximum absolute atomic E-state index is 12.3. The van der Waals surface area contributed by atoms with Crippen molar-refractivity contribution in [1.29, 1.82) is 0 Å². The largest absolute Gasteiger partial charge is 0.460 e. The predicted octanol–water partition coefficient (Wildman–Crippen LogP) is 5.34. The lowest BCUT2D eigenvalue weighted by molar-refractivity contribution is -0.158. The highest BCUT2D eigenvalue weighted by atomic mass is 35.5. The SMILES string of the molecule is CS(=O)CC[C@]12C[C@H](Cl)[C@@]3(Cl)[C@@H](CCC4=CC(=O)C=C[C@@]43C)[C@@H]1CC[C@H]2OC(=O)C(Cl)Cl. The van der Waals surface area contributed by atoms with Crippen molar-refractivity contribution in [1.82, 2.24) is 0 Å². The molecule has 4 aliphatic carbocycles. The summed E-state index contributed by atoms with van der Waals surface area (Å²) >= 11 is 26.3. The number of fused-ring (bicyclic) bond motifs is 5. The summed E-state index contributed by atoms with van der Waals surface area (Å²) in [6.07, 6.45) is 10.8. The summed E-state index contributed by atoms with van der Waals surface area (Å²) in [6.45, 7) is 2.09. The fourth-order valence-electron chi connectivity index (χ4n) is 7.05. The van der Waals surface area contributed by atoms with Gasteiger partial charge in [0.15, 0.2) is 5.78 Å². The van der Waals surface area contributed by atoms with Gasteiger partial charge >= 0.3 is 5.97 Å². The molecular formula is C23H28Cl4O4S. The lowest BCUT2D eigenvalue weighted by Crippen LogP contribution is -2.65. The van der Waals surface area contributed by atoms with Gasteiger partial charge in [-0.2, -0.15) is 0 Å². The molecule has 0 aromatic rings. The van der Waals surface area contributed by atoms with Gasteiger partial charge in [0.25, 0.3) is 0 Å². The number of rotatable bonds is 5. The van der Waals surface area contributed by atoms with E-state index in [1.807, 2.05) is 6.08 Å². The molecule has 32 heavy (non-hydrogen) atoms. The highest BCUT2D eigenvalue weighted by Crippen LogP contribution is 2.70. The molecular weight excluding hydrogens is 514 g/mol. The smallest absolute Gasteiger partial charge is 0.339 e. The maximum Gasteiger partial charge on any atom is 0.339 e. The molecule has 0 saturated heterocycles. The van der Waals surface area contributed by atoms with E-state index < -0.39 is 42.7 Å². The molecule has 178 valence electrons. The van der Waals surface area contributed by atoms with Gasteiger partial charge in [-0.3, -0.25) is 9.00 Å². The van der Waals surface area contributed by atoms with Crippen LogP contribution in [0, 0.1) is 22.7 Å². The van der Waals surface area contributed by atoms with Gasteiger partial charge < -0.3 is 4.74 Å². The number of carbonyl (C=O) groups is 2. The first kappa shape index (κ1) is 25.0. The van der Waals surface area contributed by atoms with Gasteiger partial charge in [0.1, 0.15) is 6.10 Å². The van der Waals surface area contributed by atoms with Crippen LogP contribution in [0.1, 0.15) is 45.4 Å². The van der Waals surface area contributed by atoms with Crippen molar-refractivity contribution >= 4 is 69.0 Å². The fourth-order valence-corrected chi connectivity index (χ4v) is 9.02. The molecule has 0 N–H and O–H groups in total. The van der Waals surface area contributed by atoms with Gasteiger partial charge in [-0.25, -0.2) is 4.79 Å². The highest BCUT2D eigenvalue weighted by molar-refractivity contribution is 7.84. The minimum Gasteiger partial charge on any atom is -0.460 e. The summed E-state index contributed by atoms with van der Waals surface area (Å²) in [5, 5.41) is -0.427. The second kappa shape index (κ2) is 8.86. The van der Waals surface area contributed by atoms with Crippen LogP contribution in [0.5, 0.6) is 0 Å². The summed E-state index contributed by atoms with van der Waals surface area (Å²) < 4.78 is 17.9. The second-order valence-corrected chi connectivity index (χ2v) is 13.7. The molecule has 3 fully saturated rings. The monoisotopic (exact) mass is 540 g/mol. The zero-order valence-corrected chi connectivity index (χ0v) is 22.0. The van der Waals surface area contributed by atoms with E-state index in [1.165, 1.54) is 0 Å². The Morgan fingerprint density at radius 1 is 1.28 bits per heavy atom. The molecule has 0 aliphatic heterocycles. The van der Waals surface area contributed by atoms with Gasteiger partial charge in [-0.1, -0.05) is 41.8 Å². The fraction of sp³-hybridized carbons (Fsp3) is 0.739. The van der Waals surface area contributed by atoms with E-state index in [4.69, 9.17) is 51.1 Å². The van der Waals surface area contributed by atoms with Gasteiger partial charge in [0, 0.05) is 33.6 Å². The van der Waals surface area contributed by atoms with Gasteiger partial charge in [0.05, 0.1) is 10.3 Å². The number of ketones is 1. The van der Waals surface area contributed by atoms with E-state index >= 15 is 0 Å². The lowest BCUT2D eigenvalue weighted by atomic mass is 9.47. The molecule has 4 rings (SSSR count). The Labute approximate surface area is 211 Å². The van der Waals surface area contributed by atoms with E-state index in [2.05, 4.69) is 6.92 Å². The van der Waals surface area contributed by atoms with E-state index in [0.717, 1.165) is 24.8 Å². The number of allylic oxidation sites excluding steroid dienone is 4. The normalized spacial score (nSPS) is 43.8. The van der Waals surface area contributed by atoms with Crippen LogP contribution in [-0.2, 0) is 25.1 Å². The van der Waals surface area contributed by atoms with Crippen molar-refractivity contribution in [3.05, 3.63) is 23.8 Å². The van der Waals surface area contributed by atoms with Crippen molar-refractivity contribution in [3.63, 3.8) is 0 Å². The van der Waals surface area contributed by atoms with Crippen molar-refractivity contribution in [3.8, 4) is 0 Å². The molecule has 0 aromatic heterocycles. The molecule has 9 heteroatoms. The molecule has 0 aromatic carbocycles. The number of ether oxygens (including phenoxy) is 1. The molecule has 0 spiro atoms. The van der Waals surface area contributed by atoms with Crippen LogP contribution in [0.3, 0.4) is 0 Å². The van der Waals surface area contributed by atoms with Gasteiger partial charge in [0.2, 0.25) is 4.84 Å². The van der Waals surface area contributed by atoms with E-state index in [1.54, 1.807) is 18.4 Å². The third-order valence-corrected chi connectivity index (χ3v) is 11.2. The number of carbonyl (C=O) groups excluding carboxylic acids is 2. The average molecular weight is 542 g/mol. The molecule has 0 heterocycles. The Kier molecular flexibility index (Phi) is 6.93. The van der Waals surface area contributed by atoms with Crippen molar-refractivity contribution in [2.24, 2.45) is 22.7 Å². The molecule has 0 bridgehead atoms. The van der Waals surface area contributed by atoms with Crippen molar-refractivity contribution in [2.75, 3.05) is 12.0 Å². The van der Waals surface area contributed by atoms with Crippen LogP contribution >= 0.6 is 46.4 Å². The first-order chi connectivity index (χ1) is 15.0. The summed E-state index contributed by atoms with van der Waals surface area (Å²) in [5.74, 6) is 0.0573. The third kappa shape index (κ3) is 3.73. The Balaban J connectivity index is 1.75. The highest BCUT2D eigenvalue weighted by Gasteiger charge is 2.70. The standard InChI is InChI=1S/C23H28Cl4O4S/c1-21-8-7-14(28)11-13(21)3-4-16-15-5-6-18(31-20(29)19(25)26)22(15,9-10-32(2)30)12-17(24)23(16,21)27/h7-8,11,15-19H,3-6,9-10,12H2,1-2H3/t15-,16-,17-,18+,21-,22-,23-,32?/m0/s1. The van der Waals surface area contributed by atoms with Gasteiger partial charge in [-0.15, -0.1) is 23.2 Å². The topological polar surface area (TPSA) is 60.4 Å². The first-order valence-electron chi connectivity index (χ1n) is 11.0. The molecule has 0 amide bonds. The second-order valence-electron chi connectivity index (χ2n) is 9.86. The van der Waals surface area contributed by atoms with Crippen LogP contribution in [0.15, 0.2) is 23.8 Å². The minimum absolute atomic E-state index is 0.0116. The predicted molar refractivity (Wildman–Crippen MR) is 130 cm³/mol. The van der Waals surface area contributed by atoms with E-state index in [-0.39, 0.29) is 23.7 Å². The Morgan fingerprint density at radius 2 is 2.00 bits per heavy atom. The third-order valence-electron chi connectivity index (χ3n) is 8.54. The van der Waals surface area contributed by atoms with Crippen LogP contribution in [0.25, 0.3) is 0 Å². The van der Waals surface area contributed by atoms with Crippen molar-refractivity contribution in [2.45, 2.75) is 66.6 Å². The number of hydrogen-bond acceptors (Lipinski definition) is 4. The first-order valence-corrected chi connectivity index (χ1v) is 14.4. The number of esters is 1. The molecule has 1 unspecified atom stereocenters. The van der Waals surface area contributed by atoms with Gasteiger partial charge in [-0.05, 0) is 62.5 Å². The number of hydrogen-bond donors (Lipinski definition) is 0. The van der Waals surface area contributed by atoms with Crippen LogP contribution in [0.4, 0.5) is 0 Å². The molecule has 3 saturated carbocycles. The molecule has 4 aliphatic rings. The number of alkyl halides is 4. The van der Waals surface area contributed by atoms with Crippen molar-refractivity contribution < 1.29 is 18.5 Å². The maximum atomic E-state index is 12.3. The number of halogens is 4. The summed E-state index contributed by atoms with van der Waals surface area (Å²) in [6, 6.07) is 0. The lowest BCUT2D eigenvalue weighted by Gasteiger charge is -2.63. The average Bonchev–Trinajstić information content (AvgIpc) is 3.06. The molecule has 0 radical (unpaired) electrons. The summed E-state index contributed by atoms with van der Waals surface area (Å²) in [7, 11) is -0.995. The Bertz CT molecular complexity index is 904. The molecule has 4 nitrogen and oxygen atoms in total. The summed E-state index contributed by atoms with van der Waals surface area (Å²) in [4.78, 5) is 22.3.